The minimum Gasteiger partial charge on any atom is -0.480 e. The number of hydrogen-bond donors (Lipinski definition) is 3. The van der Waals surface area contributed by atoms with Gasteiger partial charge in [0, 0.05) is 60.7 Å². The SMILES string of the molecule is CCCCSC1CC(=O)N(CCCCCC(=O)N(C)[C@H](C(=O)N[C@H](C(=O)N(C)C([C@@H](C)CC)[C@@H](CC(=O)N2CCC[C@H]2[C@H](OC)[C@@H](C)C(=O)N[C@@H](Cc2ccccc2)C(=O)O)OC)C(C)C)C(C)C)C1=O. The average molecular weight is 1020 g/mol. The van der Waals surface area contributed by atoms with Crippen molar-refractivity contribution in [3.8, 4) is 0 Å². The van der Waals surface area contributed by atoms with Crippen LogP contribution in [0.3, 0.4) is 0 Å². The molecule has 0 radical (unpaired) electrons. The maximum absolute atomic E-state index is 14.6. The molecule has 0 saturated carbocycles. The van der Waals surface area contributed by atoms with Crippen LogP contribution in [-0.4, -0.2) is 167 Å². The summed E-state index contributed by atoms with van der Waals surface area (Å²) in [4.78, 5) is 114. The summed E-state index contributed by atoms with van der Waals surface area (Å²) in [7, 11) is 6.24. The van der Waals surface area contributed by atoms with E-state index in [9.17, 15) is 43.5 Å². The van der Waals surface area contributed by atoms with Gasteiger partial charge in [0.05, 0.1) is 41.9 Å². The van der Waals surface area contributed by atoms with Crippen LogP contribution in [0.25, 0.3) is 0 Å². The van der Waals surface area contributed by atoms with Crippen LogP contribution in [0.4, 0.5) is 0 Å². The number of carbonyl (C=O) groups is 8. The van der Waals surface area contributed by atoms with E-state index in [1.54, 1.807) is 66.8 Å². The third-order valence-electron chi connectivity index (χ3n) is 14.4. The fraction of sp³-hybridized carbons (Fsp3) is 0.736. The van der Waals surface area contributed by atoms with E-state index in [2.05, 4.69) is 17.6 Å². The normalized spacial score (nSPS) is 19.5. The molecule has 2 heterocycles. The second-order valence-electron chi connectivity index (χ2n) is 20.2. The Hall–Kier alpha value is -4.55. The van der Waals surface area contributed by atoms with E-state index in [1.165, 1.54) is 24.0 Å². The van der Waals surface area contributed by atoms with Crippen molar-refractivity contribution in [2.24, 2.45) is 23.7 Å². The largest absolute Gasteiger partial charge is 0.480 e. The topological polar surface area (TPSA) is 212 Å². The molecule has 0 aromatic heterocycles. The van der Waals surface area contributed by atoms with Crippen molar-refractivity contribution in [1.82, 2.24) is 30.2 Å². The van der Waals surface area contributed by atoms with Gasteiger partial charge in [-0.3, -0.25) is 38.5 Å². The number of carboxylic acid groups (broad SMARTS) is 1. The first kappa shape index (κ1) is 60.8. The van der Waals surface area contributed by atoms with Gasteiger partial charge in [0.1, 0.15) is 18.1 Å². The van der Waals surface area contributed by atoms with Gasteiger partial charge in [0.25, 0.3) is 0 Å². The fourth-order valence-corrected chi connectivity index (χ4v) is 11.3. The highest BCUT2D eigenvalue weighted by molar-refractivity contribution is 8.00. The Morgan fingerprint density at radius 2 is 1.54 bits per heavy atom. The minimum absolute atomic E-state index is 0.0803. The van der Waals surface area contributed by atoms with Crippen molar-refractivity contribution in [3.63, 3.8) is 0 Å². The predicted molar refractivity (Wildman–Crippen MR) is 275 cm³/mol. The number of rotatable bonds is 31. The summed E-state index contributed by atoms with van der Waals surface area (Å²) in [5, 5.41) is 15.3. The lowest BCUT2D eigenvalue weighted by molar-refractivity contribution is -0.149. The number of likely N-dealkylation sites (tertiary alicyclic amines) is 2. The summed E-state index contributed by atoms with van der Waals surface area (Å²) in [6, 6.07) is 4.98. The van der Waals surface area contributed by atoms with Crippen LogP contribution in [-0.2, 0) is 54.3 Å². The molecule has 2 saturated heterocycles. The summed E-state index contributed by atoms with van der Waals surface area (Å²) < 4.78 is 12.0. The van der Waals surface area contributed by atoms with Crippen LogP contribution >= 0.6 is 11.8 Å². The van der Waals surface area contributed by atoms with Crippen molar-refractivity contribution in [2.45, 2.75) is 180 Å². The van der Waals surface area contributed by atoms with E-state index in [-0.39, 0.29) is 78.2 Å². The first-order chi connectivity index (χ1) is 33.6. The molecule has 2 aliphatic rings. The van der Waals surface area contributed by atoms with Crippen molar-refractivity contribution < 1.29 is 52.9 Å². The zero-order valence-corrected chi connectivity index (χ0v) is 45.5. The van der Waals surface area contributed by atoms with Crippen LogP contribution in [0.15, 0.2) is 30.3 Å². The van der Waals surface area contributed by atoms with Crippen LogP contribution in [0.5, 0.6) is 0 Å². The smallest absolute Gasteiger partial charge is 0.326 e. The second kappa shape index (κ2) is 29.8. The van der Waals surface area contributed by atoms with Crippen molar-refractivity contribution in [1.29, 1.82) is 0 Å². The number of carbonyl (C=O) groups excluding carboxylic acids is 7. The molecule has 400 valence electrons. The van der Waals surface area contributed by atoms with Gasteiger partial charge >= 0.3 is 5.97 Å². The number of nitrogens with zero attached hydrogens (tertiary/aromatic N) is 4. The molecular weight excluding hydrogens is 929 g/mol. The van der Waals surface area contributed by atoms with Crippen LogP contribution in [0.2, 0.25) is 0 Å². The molecule has 71 heavy (non-hydrogen) atoms. The Morgan fingerprint density at radius 3 is 2.11 bits per heavy atom. The summed E-state index contributed by atoms with van der Waals surface area (Å²) in [5.74, 6) is -3.94. The number of aliphatic carboxylic acids is 1. The van der Waals surface area contributed by atoms with Crippen LogP contribution in [0, 0.1) is 23.7 Å². The van der Waals surface area contributed by atoms with Gasteiger partial charge in [0.15, 0.2) is 0 Å². The van der Waals surface area contributed by atoms with Crippen LogP contribution < -0.4 is 10.6 Å². The van der Waals surface area contributed by atoms with E-state index < -0.39 is 66.1 Å². The molecule has 0 aliphatic carbocycles. The third-order valence-corrected chi connectivity index (χ3v) is 15.7. The van der Waals surface area contributed by atoms with Gasteiger partial charge in [-0.15, -0.1) is 11.8 Å². The number of carboxylic acids is 1. The number of methoxy groups -OCH3 is 2. The van der Waals surface area contributed by atoms with Gasteiger partial charge in [0.2, 0.25) is 41.4 Å². The summed E-state index contributed by atoms with van der Waals surface area (Å²) in [6.07, 6.45) is 4.59. The number of unbranched alkanes of at least 4 members (excludes halogenated alkanes) is 3. The average Bonchev–Trinajstić information content (AvgIpc) is 3.92. The van der Waals surface area contributed by atoms with E-state index in [0.29, 0.717) is 51.6 Å². The highest BCUT2D eigenvalue weighted by Crippen LogP contribution is 2.31. The predicted octanol–water partition coefficient (Wildman–Crippen LogP) is 5.56. The monoisotopic (exact) mass is 1010 g/mol. The Bertz CT molecular complexity index is 1920. The van der Waals surface area contributed by atoms with Gasteiger partial charge in [-0.25, -0.2) is 4.79 Å². The van der Waals surface area contributed by atoms with E-state index >= 15 is 0 Å². The number of benzene rings is 1. The van der Waals surface area contributed by atoms with Crippen molar-refractivity contribution >= 4 is 59.1 Å². The number of likely N-dealkylation sites (N-methyl/N-ethyl adjacent to an activating group) is 2. The highest BCUT2D eigenvalue weighted by Gasteiger charge is 2.44. The Morgan fingerprint density at radius 1 is 0.859 bits per heavy atom. The molecule has 2 unspecified atom stereocenters. The molecule has 3 rings (SSSR count). The molecule has 1 aromatic carbocycles. The standard InChI is InChI=1S/C53H86N6O11S/c1-13-15-29-71-41-32-44(62)59(51(41)65)27-21-17-20-26-42(60)56(9)46(34(5)6)50(64)55-45(33(3)4)52(66)57(10)47(35(7)14-2)40(69-11)31-43(61)58-28-22-25-39(58)48(70-12)36(8)49(63)54-38(53(67)68)30-37-23-18-16-19-24-37/h16,18-19,23-24,33-36,38-41,45-48H,13-15,17,20-22,25-32H2,1-12H3,(H,54,63)(H,55,64)(H,67,68)/t35-,36+,38-,39-,40+,41?,45-,46-,47?,48+/m0/s1. The first-order valence-electron chi connectivity index (χ1n) is 25.9. The van der Waals surface area contributed by atoms with Crippen molar-refractivity contribution in [3.05, 3.63) is 35.9 Å². The van der Waals surface area contributed by atoms with Gasteiger partial charge in [-0.05, 0) is 61.2 Å². The van der Waals surface area contributed by atoms with E-state index in [1.807, 2.05) is 47.6 Å². The number of nitrogens with one attached hydrogen (secondary N) is 2. The van der Waals surface area contributed by atoms with Crippen molar-refractivity contribution in [2.75, 3.05) is 47.2 Å². The lowest BCUT2D eigenvalue weighted by Gasteiger charge is -2.41. The van der Waals surface area contributed by atoms with Crippen LogP contribution in [0.1, 0.15) is 132 Å². The first-order valence-corrected chi connectivity index (χ1v) is 26.9. The molecule has 2 fully saturated rings. The number of hydrogen-bond acceptors (Lipinski definition) is 11. The summed E-state index contributed by atoms with van der Waals surface area (Å²) in [6.45, 7) is 15.9. The molecule has 0 spiro atoms. The Labute approximate surface area is 427 Å². The second-order valence-corrected chi connectivity index (χ2v) is 21.5. The summed E-state index contributed by atoms with van der Waals surface area (Å²) >= 11 is 1.55. The lowest BCUT2D eigenvalue weighted by Crippen LogP contribution is -2.60. The number of ether oxygens (including phenoxy) is 2. The fourth-order valence-electron chi connectivity index (χ4n) is 10.00. The van der Waals surface area contributed by atoms with Gasteiger partial charge in [-0.2, -0.15) is 0 Å². The Balaban J connectivity index is 1.68. The molecule has 1 aromatic rings. The molecule has 10 atom stereocenters. The zero-order chi connectivity index (χ0) is 53.1. The summed E-state index contributed by atoms with van der Waals surface area (Å²) in [5.41, 5.74) is 0.764. The molecule has 18 heteroatoms. The molecule has 2 aliphatic heterocycles. The molecule has 0 bridgehead atoms. The molecule has 17 nitrogen and oxygen atoms in total. The maximum atomic E-state index is 14.6. The number of thioether (sulfide) groups is 1. The van der Waals surface area contributed by atoms with Gasteiger partial charge < -0.3 is 39.9 Å². The number of amides is 7. The molecule has 3 N–H and O–H groups in total. The molecular formula is C53H86N6O11S. The maximum Gasteiger partial charge on any atom is 0.326 e. The van der Waals surface area contributed by atoms with E-state index in [4.69, 9.17) is 9.47 Å². The molecule has 7 amide bonds. The highest BCUT2D eigenvalue weighted by atomic mass is 32.2. The zero-order valence-electron chi connectivity index (χ0n) is 44.6. The third kappa shape index (κ3) is 17.0. The lowest BCUT2D eigenvalue weighted by atomic mass is 9.89. The van der Waals surface area contributed by atoms with E-state index in [0.717, 1.165) is 24.2 Å². The minimum atomic E-state index is -1.16. The quantitative estimate of drug-likeness (QED) is 0.0616. The van der Waals surface area contributed by atoms with Gasteiger partial charge in [-0.1, -0.05) is 105 Å². The Kier molecular flexibility index (Phi) is 25.5. The number of imide groups is 1.